The number of piperidine rings is 1. The predicted molar refractivity (Wildman–Crippen MR) is 101 cm³/mol. The highest BCUT2D eigenvalue weighted by Gasteiger charge is 2.39. The van der Waals surface area contributed by atoms with Crippen molar-refractivity contribution in [2.45, 2.75) is 32.0 Å². The first-order chi connectivity index (χ1) is 13.0. The molecule has 2 aromatic carbocycles. The molecule has 1 fully saturated rings. The summed E-state index contributed by atoms with van der Waals surface area (Å²) in [4.78, 5) is 37.8. The molecule has 1 saturated heterocycles. The molecule has 0 radical (unpaired) electrons. The number of anilines is 2. The van der Waals surface area contributed by atoms with E-state index < -0.39 is 11.9 Å². The molecule has 0 saturated carbocycles. The Bertz CT molecular complexity index is 941. The lowest BCUT2D eigenvalue weighted by atomic mass is 10.0. The van der Waals surface area contributed by atoms with E-state index >= 15 is 0 Å². The molecule has 2 heterocycles. The number of benzene rings is 2. The third kappa shape index (κ3) is 3.23. The minimum absolute atomic E-state index is 0.166. The Kier molecular flexibility index (Phi) is 4.27. The average Bonchev–Trinajstić information content (AvgIpc) is 2.97. The van der Waals surface area contributed by atoms with E-state index in [-0.39, 0.29) is 18.2 Å². The molecule has 7 heteroatoms. The summed E-state index contributed by atoms with van der Waals surface area (Å²) in [7, 11) is 0. The number of rotatable bonds is 4. The van der Waals surface area contributed by atoms with E-state index in [2.05, 4.69) is 10.6 Å². The molecular weight excluding hydrogens is 344 g/mol. The fraction of sp³-hybridized carbons (Fsp3) is 0.250. The van der Waals surface area contributed by atoms with Crippen molar-refractivity contribution in [2.24, 2.45) is 0 Å². The lowest BCUT2D eigenvalue weighted by molar-refractivity contribution is -0.136. The van der Waals surface area contributed by atoms with Crippen molar-refractivity contribution < 1.29 is 14.4 Å². The fourth-order valence-electron chi connectivity index (χ4n) is 3.57. The van der Waals surface area contributed by atoms with Gasteiger partial charge in [0.1, 0.15) is 6.04 Å². The van der Waals surface area contributed by atoms with Crippen LogP contribution in [0.4, 0.5) is 11.4 Å². The number of hydrogen-bond acceptors (Lipinski definition) is 5. The zero-order valence-electron chi connectivity index (χ0n) is 14.7. The first kappa shape index (κ1) is 17.1. The molecule has 1 atom stereocenters. The molecule has 0 spiro atoms. The van der Waals surface area contributed by atoms with Gasteiger partial charge in [0.15, 0.2) is 0 Å². The number of carbonyl (C=O) groups is 3. The lowest BCUT2D eigenvalue weighted by Crippen LogP contribution is -2.52. The summed E-state index contributed by atoms with van der Waals surface area (Å²) >= 11 is 0. The largest absolute Gasteiger partial charge is 0.397 e. The van der Waals surface area contributed by atoms with E-state index in [0.29, 0.717) is 30.8 Å². The maximum Gasteiger partial charge on any atom is 0.255 e. The highest BCUT2D eigenvalue weighted by atomic mass is 16.2. The second kappa shape index (κ2) is 6.75. The van der Waals surface area contributed by atoms with Gasteiger partial charge in [-0.15, -0.1) is 0 Å². The first-order valence-electron chi connectivity index (χ1n) is 8.88. The van der Waals surface area contributed by atoms with Gasteiger partial charge in [-0.1, -0.05) is 24.3 Å². The molecular formula is C20H20N4O3. The molecule has 4 N–H and O–H groups in total. The number of nitrogens with one attached hydrogen (secondary N) is 2. The van der Waals surface area contributed by atoms with Crippen LogP contribution in [0.1, 0.15) is 34.3 Å². The molecule has 7 nitrogen and oxygen atoms in total. The quantitative estimate of drug-likeness (QED) is 0.565. The summed E-state index contributed by atoms with van der Waals surface area (Å²) in [5.41, 5.74) is 9.90. The highest BCUT2D eigenvalue weighted by molar-refractivity contribution is 6.05. The van der Waals surface area contributed by atoms with Crippen LogP contribution in [0, 0.1) is 0 Å². The Labute approximate surface area is 156 Å². The van der Waals surface area contributed by atoms with E-state index in [1.54, 1.807) is 4.90 Å². The Morgan fingerprint density at radius 2 is 1.96 bits per heavy atom. The van der Waals surface area contributed by atoms with E-state index in [0.717, 1.165) is 16.8 Å². The molecule has 2 aromatic rings. The number of nitrogen functional groups attached to an aromatic ring is 1. The molecule has 27 heavy (non-hydrogen) atoms. The number of nitrogens with zero attached hydrogens (tertiary/aromatic N) is 1. The average molecular weight is 364 g/mol. The second-order valence-electron chi connectivity index (χ2n) is 6.83. The van der Waals surface area contributed by atoms with Gasteiger partial charge in [0.25, 0.3) is 5.91 Å². The summed E-state index contributed by atoms with van der Waals surface area (Å²) in [6, 6.07) is 12.7. The number of amides is 3. The van der Waals surface area contributed by atoms with Gasteiger partial charge >= 0.3 is 0 Å². The summed E-state index contributed by atoms with van der Waals surface area (Å²) in [6.07, 6.45) is 0.621. The fourth-order valence-corrected chi connectivity index (χ4v) is 3.57. The Morgan fingerprint density at radius 1 is 1.15 bits per heavy atom. The number of hydrogen-bond donors (Lipinski definition) is 3. The minimum Gasteiger partial charge on any atom is -0.397 e. The van der Waals surface area contributed by atoms with Crippen LogP contribution >= 0.6 is 0 Å². The summed E-state index contributed by atoms with van der Waals surface area (Å²) in [6.45, 7) is 0.924. The van der Waals surface area contributed by atoms with Crippen LogP contribution in [0.15, 0.2) is 42.5 Å². The van der Waals surface area contributed by atoms with E-state index in [4.69, 9.17) is 5.73 Å². The maximum absolute atomic E-state index is 12.8. The van der Waals surface area contributed by atoms with Crippen LogP contribution in [-0.2, 0) is 22.7 Å². The van der Waals surface area contributed by atoms with Gasteiger partial charge in [0.05, 0.1) is 11.4 Å². The van der Waals surface area contributed by atoms with Gasteiger partial charge in [-0.25, -0.2) is 0 Å². The molecule has 4 rings (SSSR count). The smallest absolute Gasteiger partial charge is 0.255 e. The summed E-state index contributed by atoms with van der Waals surface area (Å²) < 4.78 is 0. The number of nitrogens with two attached hydrogens (primary N) is 1. The van der Waals surface area contributed by atoms with Crippen molar-refractivity contribution in [3.05, 3.63) is 59.2 Å². The number of para-hydroxylation sites is 2. The normalized spacial score (nSPS) is 19.0. The molecule has 2 aliphatic rings. The zero-order valence-corrected chi connectivity index (χ0v) is 14.7. The second-order valence-corrected chi connectivity index (χ2v) is 6.83. The van der Waals surface area contributed by atoms with Crippen LogP contribution in [0.3, 0.4) is 0 Å². The minimum atomic E-state index is -0.590. The summed E-state index contributed by atoms with van der Waals surface area (Å²) in [5.74, 6) is -0.844. The maximum atomic E-state index is 12.8. The van der Waals surface area contributed by atoms with Gasteiger partial charge in [-0.2, -0.15) is 0 Å². The van der Waals surface area contributed by atoms with Crippen LogP contribution in [0.5, 0.6) is 0 Å². The molecule has 0 bridgehead atoms. The lowest BCUT2D eigenvalue weighted by Gasteiger charge is -2.29. The first-order valence-corrected chi connectivity index (χ1v) is 8.88. The van der Waals surface area contributed by atoms with E-state index in [1.807, 2.05) is 42.5 Å². The van der Waals surface area contributed by atoms with Crippen molar-refractivity contribution >= 4 is 29.1 Å². The molecule has 0 aromatic heterocycles. The van der Waals surface area contributed by atoms with Crippen LogP contribution < -0.4 is 16.4 Å². The number of imide groups is 1. The third-order valence-corrected chi connectivity index (χ3v) is 5.04. The van der Waals surface area contributed by atoms with Gasteiger partial charge in [-0.05, 0) is 35.7 Å². The van der Waals surface area contributed by atoms with Crippen LogP contribution in [0.2, 0.25) is 0 Å². The zero-order chi connectivity index (χ0) is 19.0. The van der Waals surface area contributed by atoms with Crippen molar-refractivity contribution in [3.8, 4) is 0 Å². The summed E-state index contributed by atoms with van der Waals surface area (Å²) in [5, 5.41) is 5.59. The van der Waals surface area contributed by atoms with E-state index in [9.17, 15) is 14.4 Å². The highest BCUT2D eigenvalue weighted by Crippen LogP contribution is 2.28. The molecule has 3 amide bonds. The van der Waals surface area contributed by atoms with Crippen molar-refractivity contribution in [3.63, 3.8) is 0 Å². The molecule has 1 unspecified atom stereocenters. The number of carbonyl (C=O) groups excluding carboxylic acids is 3. The van der Waals surface area contributed by atoms with Crippen LogP contribution in [0.25, 0.3) is 0 Å². The van der Waals surface area contributed by atoms with Gasteiger partial charge in [-0.3, -0.25) is 19.7 Å². The van der Waals surface area contributed by atoms with Gasteiger partial charge < -0.3 is 16.0 Å². The van der Waals surface area contributed by atoms with Crippen molar-refractivity contribution in [1.82, 2.24) is 10.2 Å². The van der Waals surface area contributed by atoms with Gasteiger partial charge in [0, 0.05) is 25.1 Å². The molecule has 0 aliphatic carbocycles. The van der Waals surface area contributed by atoms with Gasteiger partial charge in [0.2, 0.25) is 11.8 Å². The predicted octanol–water partition coefficient (Wildman–Crippen LogP) is 1.64. The van der Waals surface area contributed by atoms with Crippen molar-refractivity contribution in [2.75, 3.05) is 11.1 Å². The Balaban J connectivity index is 1.49. The Hall–Kier alpha value is -3.35. The van der Waals surface area contributed by atoms with Crippen LogP contribution in [-0.4, -0.2) is 28.7 Å². The molecule has 138 valence electrons. The Morgan fingerprint density at radius 3 is 2.74 bits per heavy atom. The monoisotopic (exact) mass is 364 g/mol. The standard InChI is InChI=1S/C20H20N4O3/c21-15-3-1-2-4-16(15)22-10-12-5-6-13-11-24(20(27)14(13)9-12)17-7-8-18(25)23-19(17)26/h1-6,9,17,22H,7-8,10-11,21H2,(H,23,25,26). The topological polar surface area (TPSA) is 105 Å². The third-order valence-electron chi connectivity index (χ3n) is 5.04. The van der Waals surface area contributed by atoms with Crippen molar-refractivity contribution in [1.29, 1.82) is 0 Å². The number of fused-ring (bicyclic) bond motifs is 1. The SMILES string of the molecule is Nc1ccccc1NCc1ccc2c(c1)C(=O)N(C1CCC(=O)NC1=O)C2. The molecule has 2 aliphatic heterocycles. The van der Waals surface area contributed by atoms with E-state index in [1.165, 1.54) is 0 Å².